The zero-order chi connectivity index (χ0) is 11.7. The molecule has 17 heavy (non-hydrogen) atoms. The molecule has 0 bridgehead atoms. The Bertz CT molecular complexity index is 497. The van der Waals surface area contributed by atoms with Crippen LogP contribution < -0.4 is 5.32 Å². The van der Waals surface area contributed by atoms with E-state index in [0.29, 0.717) is 6.04 Å². The molecule has 1 N–H and O–H groups in total. The summed E-state index contributed by atoms with van der Waals surface area (Å²) in [4.78, 5) is 8.73. The first-order chi connectivity index (χ1) is 8.33. The third-order valence-electron chi connectivity index (χ3n) is 3.67. The van der Waals surface area contributed by atoms with Gasteiger partial charge in [-0.15, -0.1) is 0 Å². The van der Waals surface area contributed by atoms with E-state index < -0.39 is 0 Å². The highest BCUT2D eigenvalue weighted by molar-refractivity contribution is 5.62. The van der Waals surface area contributed by atoms with E-state index in [0.717, 1.165) is 17.4 Å². The molecule has 90 valence electrons. The zero-order valence-corrected chi connectivity index (χ0v) is 10.1. The van der Waals surface area contributed by atoms with Crippen LogP contribution in [0.3, 0.4) is 0 Å². The van der Waals surface area contributed by atoms with Crippen LogP contribution >= 0.6 is 0 Å². The van der Waals surface area contributed by atoms with E-state index in [9.17, 15) is 0 Å². The smallest absolute Gasteiger partial charge is 0.180 e. The van der Waals surface area contributed by atoms with Crippen molar-refractivity contribution in [3.05, 3.63) is 24.8 Å². The van der Waals surface area contributed by atoms with Crippen LogP contribution in [-0.2, 0) is 0 Å². The molecule has 0 amide bonds. The largest absolute Gasteiger partial charge is 0.364 e. The van der Waals surface area contributed by atoms with Crippen LogP contribution in [0.1, 0.15) is 32.6 Å². The van der Waals surface area contributed by atoms with Gasteiger partial charge in [0.25, 0.3) is 0 Å². The van der Waals surface area contributed by atoms with Gasteiger partial charge in [-0.2, -0.15) is 0 Å². The Kier molecular flexibility index (Phi) is 2.71. The number of hydrogen-bond acceptors (Lipinski definition) is 3. The quantitative estimate of drug-likeness (QED) is 0.862. The molecule has 2 aromatic heterocycles. The minimum Gasteiger partial charge on any atom is -0.364 e. The molecule has 0 radical (unpaired) electrons. The van der Waals surface area contributed by atoms with E-state index in [1.807, 2.05) is 29.2 Å². The van der Waals surface area contributed by atoms with Gasteiger partial charge in [-0.3, -0.25) is 0 Å². The third-order valence-corrected chi connectivity index (χ3v) is 3.67. The van der Waals surface area contributed by atoms with Crippen molar-refractivity contribution in [2.45, 2.75) is 38.6 Å². The molecular weight excluding hydrogens is 212 g/mol. The molecule has 2 aromatic rings. The Morgan fingerprint density at radius 2 is 1.82 bits per heavy atom. The Balaban J connectivity index is 1.78. The van der Waals surface area contributed by atoms with Gasteiger partial charge in [0.15, 0.2) is 11.5 Å². The monoisotopic (exact) mass is 230 g/mol. The van der Waals surface area contributed by atoms with Crippen LogP contribution in [0.2, 0.25) is 0 Å². The molecule has 3 rings (SSSR count). The topological polar surface area (TPSA) is 42.2 Å². The van der Waals surface area contributed by atoms with E-state index >= 15 is 0 Å². The first kappa shape index (κ1) is 10.6. The first-order valence-corrected chi connectivity index (χ1v) is 6.37. The Morgan fingerprint density at radius 3 is 2.59 bits per heavy atom. The Hall–Kier alpha value is -1.58. The van der Waals surface area contributed by atoms with Crippen molar-refractivity contribution < 1.29 is 0 Å². The number of fused-ring (bicyclic) bond motifs is 1. The summed E-state index contributed by atoms with van der Waals surface area (Å²) in [6, 6.07) is 0.557. The van der Waals surface area contributed by atoms with Gasteiger partial charge in [0.1, 0.15) is 0 Å². The average molecular weight is 230 g/mol. The van der Waals surface area contributed by atoms with Gasteiger partial charge in [0.2, 0.25) is 0 Å². The molecule has 0 spiro atoms. The first-order valence-electron chi connectivity index (χ1n) is 6.37. The average Bonchev–Trinajstić information content (AvgIpc) is 2.81. The lowest BCUT2D eigenvalue weighted by Gasteiger charge is -2.27. The number of imidazole rings is 1. The van der Waals surface area contributed by atoms with Crippen molar-refractivity contribution in [2.24, 2.45) is 5.92 Å². The van der Waals surface area contributed by atoms with E-state index in [1.54, 1.807) is 0 Å². The second-order valence-corrected chi connectivity index (χ2v) is 5.04. The summed E-state index contributed by atoms with van der Waals surface area (Å²) in [6.07, 6.45) is 12.6. The van der Waals surface area contributed by atoms with Gasteiger partial charge in [-0.25, -0.2) is 9.97 Å². The summed E-state index contributed by atoms with van der Waals surface area (Å²) >= 11 is 0. The van der Waals surface area contributed by atoms with Crippen molar-refractivity contribution >= 4 is 11.5 Å². The number of anilines is 1. The van der Waals surface area contributed by atoms with Gasteiger partial charge < -0.3 is 9.72 Å². The molecule has 4 heteroatoms. The molecule has 4 nitrogen and oxygen atoms in total. The van der Waals surface area contributed by atoms with Crippen molar-refractivity contribution in [3.63, 3.8) is 0 Å². The molecule has 1 aliphatic rings. The van der Waals surface area contributed by atoms with Crippen LogP contribution in [0.5, 0.6) is 0 Å². The summed E-state index contributed by atoms with van der Waals surface area (Å²) in [6.45, 7) is 2.34. The van der Waals surface area contributed by atoms with Crippen LogP contribution in [0.25, 0.3) is 5.65 Å². The van der Waals surface area contributed by atoms with Gasteiger partial charge in [0, 0.05) is 30.8 Å². The van der Waals surface area contributed by atoms with Gasteiger partial charge >= 0.3 is 0 Å². The van der Waals surface area contributed by atoms with Crippen LogP contribution in [0.4, 0.5) is 5.82 Å². The fourth-order valence-corrected chi connectivity index (χ4v) is 2.55. The number of hydrogen-bond donors (Lipinski definition) is 1. The number of rotatable bonds is 2. The van der Waals surface area contributed by atoms with E-state index in [-0.39, 0.29) is 0 Å². The SMILES string of the molecule is CC1CCC(Nc2nccn3ccnc23)CC1. The lowest BCUT2D eigenvalue weighted by Crippen LogP contribution is -2.25. The Labute approximate surface area is 101 Å². The molecule has 0 saturated heterocycles. The van der Waals surface area contributed by atoms with Crippen molar-refractivity contribution in [1.29, 1.82) is 0 Å². The lowest BCUT2D eigenvalue weighted by atomic mass is 9.87. The minimum atomic E-state index is 0.557. The maximum Gasteiger partial charge on any atom is 0.180 e. The fourth-order valence-electron chi connectivity index (χ4n) is 2.55. The fraction of sp³-hybridized carbons (Fsp3) is 0.538. The molecule has 0 unspecified atom stereocenters. The summed E-state index contributed by atoms with van der Waals surface area (Å²) in [7, 11) is 0. The van der Waals surface area contributed by atoms with Gasteiger partial charge in [-0.1, -0.05) is 6.92 Å². The molecule has 1 fully saturated rings. The molecule has 0 aliphatic heterocycles. The predicted molar refractivity (Wildman–Crippen MR) is 68.0 cm³/mol. The Morgan fingerprint density at radius 1 is 1.12 bits per heavy atom. The predicted octanol–water partition coefficient (Wildman–Crippen LogP) is 2.72. The maximum atomic E-state index is 4.40. The van der Waals surface area contributed by atoms with Crippen LogP contribution in [0, 0.1) is 5.92 Å². The molecule has 2 heterocycles. The highest BCUT2D eigenvalue weighted by atomic mass is 15.1. The van der Waals surface area contributed by atoms with Crippen LogP contribution in [0.15, 0.2) is 24.8 Å². The summed E-state index contributed by atoms with van der Waals surface area (Å²) in [5.41, 5.74) is 0.922. The molecule has 0 aromatic carbocycles. The van der Waals surface area contributed by atoms with Crippen molar-refractivity contribution in [3.8, 4) is 0 Å². The highest BCUT2D eigenvalue weighted by Crippen LogP contribution is 2.26. The summed E-state index contributed by atoms with van der Waals surface area (Å²) in [5.74, 6) is 1.79. The standard InChI is InChI=1S/C13H18N4/c1-10-2-4-11(5-3-10)16-12-13-15-7-9-17(13)8-6-14-12/h6-11H,2-5H2,1H3,(H,14,16). The third kappa shape index (κ3) is 2.12. The molecule has 1 saturated carbocycles. The minimum absolute atomic E-state index is 0.557. The second-order valence-electron chi connectivity index (χ2n) is 5.04. The maximum absolute atomic E-state index is 4.40. The van der Waals surface area contributed by atoms with Gasteiger partial charge in [0.05, 0.1) is 0 Å². The van der Waals surface area contributed by atoms with Crippen LogP contribution in [-0.4, -0.2) is 20.4 Å². The molecular formula is C13H18N4. The number of aromatic nitrogens is 3. The highest BCUT2D eigenvalue weighted by Gasteiger charge is 2.19. The molecule has 1 aliphatic carbocycles. The second kappa shape index (κ2) is 4.35. The van der Waals surface area contributed by atoms with E-state index in [1.165, 1.54) is 25.7 Å². The number of nitrogens with zero attached hydrogens (tertiary/aromatic N) is 3. The summed E-state index contributed by atoms with van der Waals surface area (Å²) in [5, 5.41) is 3.54. The van der Waals surface area contributed by atoms with E-state index in [2.05, 4.69) is 22.2 Å². The summed E-state index contributed by atoms with van der Waals surface area (Å²) < 4.78 is 2.00. The van der Waals surface area contributed by atoms with E-state index in [4.69, 9.17) is 0 Å². The van der Waals surface area contributed by atoms with Gasteiger partial charge in [-0.05, 0) is 31.6 Å². The lowest BCUT2D eigenvalue weighted by molar-refractivity contribution is 0.361. The van der Waals surface area contributed by atoms with Crippen molar-refractivity contribution in [1.82, 2.24) is 14.4 Å². The number of nitrogens with one attached hydrogen (secondary N) is 1. The van der Waals surface area contributed by atoms with Crippen molar-refractivity contribution in [2.75, 3.05) is 5.32 Å². The normalized spacial score (nSPS) is 25.0. The zero-order valence-electron chi connectivity index (χ0n) is 10.1. The molecule has 0 atom stereocenters.